The van der Waals surface area contributed by atoms with Crippen LogP contribution in [0.3, 0.4) is 0 Å². The SMILES string of the molecule is C=CC1C(OC2OC(CO)C(O)C(O)C2O)OC=C2C(=O)N3CCc4c(n(C5OC(CO)C(O)C(O)C5O)c5ccccc45)C3CC21. The van der Waals surface area contributed by atoms with Crippen LogP contribution in [0.25, 0.3) is 10.9 Å². The molecule has 0 radical (unpaired) electrons. The molecule has 14 unspecified atom stereocenters. The van der Waals surface area contributed by atoms with Crippen molar-refractivity contribution in [1.82, 2.24) is 9.47 Å². The Balaban J connectivity index is 1.25. The molecule has 3 fully saturated rings. The number of carbonyl (C=O) groups excluding carboxylic acids is 1. The van der Waals surface area contributed by atoms with Gasteiger partial charge in [0.1, 0.15) is 48.8 Å². The molecule has 0 spiro atoms. The van der Waals surface area contributed by atoms with Crippen molar-refractivity contribution < 1.29 is 64.6 Å². The lowest BCUT2D eigenvalue weighted by Gasteiger charge is -2.49. The first-order chi connectivity index (χ1) is 22.6. The zero-order chi connectivity index (χ0) is 33.3. The number of hydrogen-bond acceptors (Lipinski definition) is 13. The van der Waals surface area contributed by atoms with Crippen molar-refractivity contribution in [3.8, 4) is 0 Å². The van der Waals surface area contributed by atoms with Crippen molar-refractivity contribution in [2.24, 2.45) is 11.8 Å². The summed E-state index contributed by atoms with van der Waals surface area (Å²) in [5.74, 6) is -1.43. The molecule has 0 aliphatic carbocycles. The number of aliphatic hydroxyl groups excluding tert-OH is 8. The smallest absolute Gasteiger partial charge is 0.253 e. The average Bonchev–Trinajstić information content (AvgIpc) is 3.42. The molecule has 15 nitrogen and oxygen atoms in total. The summed E-state index contributed by atoms with van der Waals surface area (Å²) in [4.78, 5) is 15.8. The van der Waals surface area contributed by atoms with Crippen molar-refractivity contribution in [3.63, 3.8) is 0 Å². The van der Waals surface area contributed by atoms with Crippen LogP contribution in [0, 0.1) is 11.8 Å². The Bertz CT molecular complexity index is 1540. The van der Waals surface area contributed by atoms with Gasteiger partial charge in [-0.15, -0.1) is 6.58 Å². The van der Waals surface area contributed by atoms with Gasteiger partial charge >= 0.3 is 0 Å². The van der Waals surface area contributed by atoms with Crippen molar-refractivity contribution >= 4 is 16.8 Å². The van der Waals surface area contributed by atoms with Crippen LogP contribution in [0.2, 0.25) is 0 Å². The summed E-state index contributed by atoms with van der Waals surface area (Å²) in [6.45, 7) is 3.13. The third kappa shape index (κ3) is 5.04. The Labute approximate surface area is 269 Å². The molecule has 2 aromatic rings. The number of ether oxygens (including phenoxy) is 4. The number of para-hydroxylation sites is 1. The normalized spacial score (nSPS) is 41.8. The van der Waals surface area contributed by atoms with E-state index in [-0.39, 0.29) is 5.91 Å². The molecule has 5 aliphatic rings. The minimum atomic E-state index is -1.66. The van der Waals surface area contributed by atoms with E-state index >= 15 is 0 Å². The van der Waals surface area contributed by atoms with E-state index in [9.17, 15) is 45.6 Å². The van der Waals surface area contributed by atoms with E-state index in [1.165, 1.54) is 6.26 Å². The van der Waals surface area contributed by atoms with Crippen molar-refractivity contribution in [3.05, 3.63) is 60.0 Å². The van der Waals surface area contributed by atoms with Gasteiger partial charge in [0.2, 0.25) is 6.29 Å². The predicted molar refractivity (Wildman–Crippen MR) is 159 cm³/mol. The minimum absolute atomic E-state index is 0.277. The third-order valence-corrected chi connectivity index (χ3v) is 10.4. The molecule has 6 heterocycles. The Morgan fingerprint density at radius 3 is 2.28 bits per heavy atom. The largest absolute Gasteiger partial charge is 0.471 e. The molecule has 0 bridgehead atoms. The molecule has 256 valence electrons. The topological polar surface area (TPSA) is 224 Å². The van der Waals surface area contributed by atoms with Gasteiger partial charge in [-0.1, -0.05) is 24.3 Å². The van der Waals surface area contributed by atoms with E-state index in [1.54, 1.807) is 15.5 Å². The summed E-state index contributed by atoms with van der Waals surface area (Å²) in [7, 11) is 0. The van der Waals surface area contributed by atoms with E-state index in [2.05, 4.69) is 6.58 Å². The lowest BCUT2D eigenvalue weighted by molar-refractivity contribution is -0.339. The fourth-order valence-corrected chi connectivity index (χ4v) is 7.89. The zero-order valence-electron chi connectivity index (χ0n) is 25.3. The number of benzene rings is 1. The van der Waals surface area contributed by atoms with Gasteiger partial charge in [-0.2, -0.15) is 0 Å². The highest BCUT2D eigenvalue weighted by Gasteiger charge is 2.53. The van der Waals surface area contributed by atoms with Crippen molar-refractivity contribution in [2.45, 2.75) is 86.5 Å². The van der Waals surface area contributed by atoms with Crippen LogP contribution in [-0.2, 0) is 30.2 Å². The molecule has 1 aromatic carbocycles. The second kappa shape index (κ2) is 12.5. The maximum absolute atomic E-state index is 14.1. The Morgan fingerprint density at radius 2 is 1.57 bits per heavy atom. The maximum Gasteiger partial charge on any atom is 0.253 e. The van der Waals surface area contributed by atoms with Gasteiger partial charge in [-0.25, -0.2) is 0 Å². The molecule has 1 amide bonds. The monoisotopic (exact) mass is 660 g/mol. The van der Waals surface area contributed by atoms with E-state index in [0.29, 0.717) is 36.2 Å². The van der Waals surface area contributed by atoms with Crippen LogP contribution < -0.4 is 0 Å². The Morgan fingerprint density at radius 1 is 0.894 bits per heavy atom. The fraction of sp³-hybridized carbons (Fsp3) is 0.594. The van der Waals surface area contributed by atoms with E-state index in [4.69, 9.17) is 18.9 Å². The second-order valence-electron chi connectivity index (χ2n) is 12.8. The highest BCUT2D eigenvalue weighted by Crippen LogP contribution is 2.50. The lowest BCUT2D eigenvalue weighted by Crippen LogP contribution is -2.60. The summed E-state index contributed by atoms with van der Waals surface area (Å²) in [5.41, 5.74) is 2.71. The molecule has 14 atom stereocenters. The first-order valence-corrected chi connectivity index (χ1v) is 15.8. The highest BCUT2D eigenvalue weighted by atomic mass is 16.8. The van der Waals surface area contributed by atoms with Gasteiger partial charge in [0.25, 0.3) is 5.91 Å². The molecule has 47 heavy (non-hydrogen) atoms. The molecule has 15 heteroatoms. The van der Waals surface area contributed by atoms with Gasteiger partial charge in [-0.05, 0) is 24.5 Å². The number of aromatic nitrogens is 1. The standard InChI is InChI=1S/C32H40N2O13/c1-2-13-16-9-19-22-15(14-5-3-4-6-18(14)34(22)30-27(41)25(39)23(37)20(10-35)45-30)7-8-33(19)29(43)17(16)12-44-31(13)47-32-28(42)26(40)24(38)21(11-36)46-32/h2-6,12-13,16,19-21,23-28,30-32,35-42H,1,7-11H2. The van der Waals surface area contributed by atoms with Crippen molar-refractivity contribution in [2.75, 3.05) is 19.8 Å². The molecular weight excluding hydrogens is 620 g/mol. The van der Waals surface area contributed by atoms with Crippen molar-refractivity contribution in [1.29, 1.82) is 0 Å². The summed E-state index contributed by atoms with van der Waals surface area (Å²) >= 11 is 0. The highest BCUT2D eigenvalue weighted by molar-refractivity contribution is 5.96. The van der Waals surface area contributed by atoms with Crippen LogP contribution >= 0.6 is 0 Å². The van der Waals surface area contributed by atoms with E-state index in [0.717, 1.165) is 10.9 Å². The zero-order valence-corrected chi connectivity index (χ0v) is 25.3. The predicted octanol–water partition coefficient (Wildman–Crippen LogP) is -2.08. The number of amides is 1. The summed E-state index contributed by atoms with van der Waals surface area (Å²) in [6.07, 6.45) is -12.0. The van der Waals surface area contributed by atoms with E-state index in [1.807, 2.05) is 24.3 Å². The number of hydrogen-bond donors (Lipinski definition) is 8. The molecule has 3 saturated heterocycles. The molecule has 0 saturated carbocycles. The fourth-order valence-electron chi connectivity index (χ4n) is 7.89. The van der Waals surface area contributed by atoms with Gasteiger partial charge in [0.05, 0.1) is 36.6 Å². The Hall–Kier alpha value is -2.93. The number of aliphatic hydroxyl groups is 8. The van der Waals surface area contributed by atoms with Crippen LogP contribution in [0.5, 0.6) is 0 Å². The number of carbonyl (C=O) groups is 1. The molecular formula is C32H40N2O13. The van der Waals surface area contributed by atoms with Gasteiger partial charge < -0.3 is 69.3 Å². The van der Waals surface area contributed by atoms with Crippen LogP contribution in [-0.4, -0.2) is 137 Å². The minimum Gasteiger partial charge on any atom is -0.471 e. The third-order valence-electron chi connectivity index (χ3n) is 10.4. The number of nitrogens with zero attached hydrogens (tertiary/aromatic N) is 2. The maximum atomic E-state index is 14.1. The van der Waals surface area contributed by atoms with Gasteiger partial charge in [0.15, 0.2) is 12.5 Å². The molecule has 1 aromatic heterocycles. The molecule has 7 rings (SSSR count). The lowest BCUT2D eigenvalue weighted by atomic mass is 9.74. The van der Waals surface area contributed by atoms with Gasteiger partial charge in [0, 0.05) is 29.5 Å². The first kappa shape index (κ1) is 32.6. The average molecular weight is 661 g/mol. The number of piperidine rings is 1. The summed E-state index contributed by atoms with van der Waals surface area (Å²) < 4.78 is 25.1. The first-order valence-electron chi connectivity index (χ1n) is 15.8. The number of rotatable bonds is 6. The van der Waals surface area contributed by atoms with Gasteiger partial charge in [-0.3, -0.25) is 4.79 Å². The summed E-state index contributed by atoms with van der Waals surface area (Å²) in [5, 5.41) is 83.8. The second-order valence-corrected chi connectivity index (χ2v) is 12.8. The molecule has 8 N–H and O–H groups in total. The molecule has 5 aliphatic heterocycles. The number of fused-ring (bicyclic) bond motifs is 6. The quantitative estimate of drug-likeness (QED) is 0.156. The van der Waals surface area contributed by atoms with Crippen LogP contribution in [0.1, 0.15) is 29.9 Å². The summed E-state index contributed by atoms with van der Waals surface area (Å²) in [6, 6.07) is 6.95. The van der Waals surface area contributed by atoms with Crippen LogP contribution in [0.4, 0.5) is 0 Å². The van der Waals surface area contributed by atoms with Crippen LogP contribution in [0.15, 0.2) is 48.8 Å². The van der Waals surface area contributed by atoms with E-state index < -0.39 is 98.7 Å². The Kier molecular flexibility index (Phi) is 8.68.